The molecule has 4 rings (SSSR count). The zero-order valence-electron chi connectivity index (χ0n) is 17.0. The number of rotatable bonds is 7. The second-order valence-electron chi connectivity index (χ2n) is 7.53. The van der Waals surface area contributed by atoms with Crippen molar-refractivity contribution in [2.24, 2.45) is 5.92 Å². The van der Waals surface area contributed by atoms with Crippen LogP contribution in [0.3, 0.4) is 0 Å². The SMILES string of the molecule is CCOc1ccc(C2Nc3ccc(C(=O)NCCOC)cc3C3C=CCC32)cc1. The van der Waals surface area contributed by atoms with E-state index in [0.29, 0.717) is 37.2 Å². The molecule has 2 N–H and O–H groups in total. The fraction of sp³-hybridized carbons (Fsp3) is 0.375. The van der Waals surface area contributed by atoms with Crippen molar-refractivity contribution < 1.29 is 14.3 Å². The molecule has 1 heterocycles. The summed E-state index contributed by atoms with van der Waals surface area (Å²) in [4.78, 5) is 12.5. The third-order valence-electron chi connectivity index (χ3n) is 5.77. The Morgan fingerprint density at radius 2 is 2.03 bits per heavy atom. The monoisotopic (exact) mass is 392 g/mol. The maximum absolute atomic E-state index is 12.5. The Kier molecular flexibility index (Phi) is 5.86. The molecule has 0 radical (unpaired) electrons. The van der Waals surface area contributed by atoms with Crippen LogP contribution in [0, 0.1) is 5.92 Å². The molecule has 3 unspecified atom stereocenters. The van der Waals surface area contributed by atoms with Gasteiger partial charge in [-0.3, -0.25) is 4.79 Å². The van der Waals surface area contributed by atoms with Gasteiger partial charge >= 0.3 is 0 Å². The van der Waals surface area contributed by atoms with Crippen LogP contribution in [0.25, 0.3) is 0 Å². The molecule has 1 aliphatic carbocycles. The zero-order chi connectivity index (χ0) is 20.2. The van der Waals surface area contributed by atoms with Crippen molar-refractivity contribution in [2.75, 3.05) is 32.2 Å². The van der Waals surface area contributed by atoms with Crippen LogP contribution >= 0.6 is 0 Å². The number of hydrogen-bond donors (Lipinski definition) is 2. The molecule has 0 bridgehead atoms. The van der Waals surface area contributed by atoms with Crippen LogP contribution in [-0.4, -0.2) is 32.8 Å². The summed E-state index contributed by atoms with van der Waals surface area (Å²) in [5, 5.41) is 6.62. The van der Waals surface area contributed by atoms with Gasteiger partial charge in [-0.05, 0) is 60.7 Å². The van der Waals surface area contributed by atoms with E-state index in [-0.39, 0.29) is 11.9 Å². The second kappa shape index (κ2) is 8.70. The van der Waals surface area contributed by atoms with Crippen LogP contribution in [0.15, 0.2) is 54.6 Å². The fourth-order valence-corrected chi connectivity index (χ4v) is 4.37. The Morgan fingerprint density at radius 3 is 2.79 bits per heavy atom. The van der Waals surface area contributed by atoms with Crippen molar-refractivity contribution in [3.8, 4) is 5.75 Å². The number of fused-ring (bicyclic) bond motifs is 3. The second-order valence-corrected chi connectivity index (χ2v) is 7.53. The average molecular weight is 392 g/mol. The molecule has 3 atom stereocenters. The van der Waals surface area contributed by atoms with Gasteiger partial charge in [0.15, 0.2) is 0 Å². The molecule has 0 saturated carbocycles. The van der Waals surface area contributed by atoms with Gasteiger partial charge in [-0.2, -0.15) is 0 Å². The highest BCUT2D eigenvalue weighted by Crippen LogP contribution is 2.50. The number of carbonyl (C=O) groups is 1. The highest BCUT2D eigenvalue weighted by molar-refractivity contribution is 5.95. The van der Waals surface area contributed by atoms with E-state index >= 15 is 0 Å². The molecular formula is C24H28N2O3. The van der Waals surface area contributed by atoms with E-state index in [1.54, 1.807) is 7.11 Å². The van der Waals surface area contributed by atoms with Gasteiger partial charge in [0.2, 0.25) is 0 Å². The highest BCUT2D eigenvalue weighted by atomic mass is 16.5. The number of nitrogens with one attached hydrogen (secondary N) is 2. The number of allylic oxidation sites excluding steroid dienone is 2. The quantitative estimate of drug-likeness (QED) is 0.545. The number of anilines is 1. The Hall–Kier alpha value is -2.79. The van der Waals surface area contributed by atoms with Crippen LogP contribution in [0.2, 0.25) is 0 Å². The number of hydrogen-bond acceptors (Lipinski definition) is 4. The predicted octanol–water partition coefficient (Wildman–Crippen LogP) is 4.29. The smallest absolute Gasteiger partial charge is 0.251 e. The molecule has 0 spiro atoms. The number of amides is 1. The number of methoxy groups -OCH3 is 1. The van der Waals surface area contributed by atoms with E-state index in [9.17, 15) is 4.79 Å². The molecule has 1 aliphatic heterocycles. The van der Waals surface area contributed by atoms with Crippen molar-refractivity contribution >= 4 is 11.6 Å². The van der Waals surface area contributed by atoms with Crippen LogP contribution in [-0.2, 0) is 4.74 Å². The topological polar surface area (TPSA) is 59.6 Å². The van der Waals surface area contributed by atoms with E-state index in [2.05, 4.69) is 34.9 Å². The average Bonchev–Trinajstić information content (AvgIpc) is 3.24. The standard InChI is InChI=1S/C24H28N2O3/c1-3-29-18-10-7-16(8-11-18)23-20-6-4-5-19(20)21-15-17(9-12-22(21)26-23)24(27)25-13-14-28-2/h4-5,7-12,15,19-20,23,26H,3,6,13-14H2,1-2H3,(H,25,27). The predicted molar refractivity (Wildman–Crippen MR) is 115 cm³/mol. The van der Waals surface area contributed by atoms with Crippen LogP contribution in [0.4, 0.5) is 5.69 Å². The van der Waals surface area contributed by atoms with Gasteiger partial charge in [0.1, 0.15) is 5.75 Å². The van der Waals surface area contributed by atoms with Crippen LogP contribution in [0.1, 0.15) is 46.8 Å². The molecule has 1 amide bonds. The lowest BCUT2D eigenvalue weighted by molar-refractivity contribution is 0.0937. The third-order valence-corrected chi connectivity index (χ3v) is 5.77. The lowest BCUT2D eigenvalue weighted by atomic mass is 9.76. The van der Waals surface area contributed by atoms with E-state index in [1.165, 1.54) is 11.1 Å². The number of carbonyl (C=O) groups excluding carboxylic acids is 1. The zero-order valence-corrected chi connectivity index (χ0v) is 17.0. The molecule has 0 aromatic heterocycles. The summed E-state index contributed by atoms with van der Waals surface area (Å²) in [7, 11) is 1.63. The maximum atomic E-state index is 12.5. The van der Waals surface area contributed by atoms with E-state index in [0.717, 1.165) is 17.9 Å². The first kappa shape index (κ1) is 19.5. The molecule has 5 heteroatoms. The molecule has 0 saturated heterocycles. The van der Waals surface area contributed by atoms with E-state index in [1.807, 2.05) is 37.3 Å². The lowest BCUT2D eigenvalue weighted by Crippen LogP contribution is -2.30. The Bertz CT molecular complexity index is 891. The van der Waals surface area contributed by atoms with Gasteiger partial charge in [0, 0.05) is 30.8 Å². The van der Waals surface area contributed by atoms with Gasteiger partial charge in [-0.25, -0.2) is 0 Å². The van der Waals surface area contributed by atoms with Crippen molar-refractivity contribution in [1.29, 1.82) is 0 Å². The van der Waals surface area contributed by atoms with E-state index in [4.69, 9.17) is 9.47 Å². The first-order valence-electron chi connectivity index (χ1n) is 10.3. The number of ether oxygens (including phenoxy) is 2. The van der Waals surface area contributed by atoms with Crippen molar-refractivity contribution in [2.45, 2.75) is 25.3 Å². The highest BCUT2D eigenvalue weighted by Gasteiger charge is 2.38. The minimum atomic E-state index is -0.0583. The van der Waals surface area contributed by atoms with E-state index < -0.39 is 0 Å². The lowest BCUT2D eigenvalue weighted by Gasteiger charge is -2.37. The molecule has 2 aliphatic rings. The number of benzene rings is 2. The van der Waals surface area contributed by atoms with Gasteiger partial charge in [-0.15, -0.1) is 0 Å². The van der Waals surface area contributed by atoms with Crippen molar-refractivity contribution in [3.05, 3.63) is 71.3 Å². The largest absolute Gasteiger partial charge is 0.494 e. The molecular weight excluding hydrogens is 364 g/mol. The summed E-state index contributed by atoms with van der Waals surface area (Å²) < 4.78 is 10.6. The first-order chi connectivity index (χ1) is 14.2. The molecule has 2 aromatic carbocycles. The molecule has 29 heavy (non-hydrogen) atoms. The molecule has 5 nitrogen and oxygen atoms in total. The normalized spacial score (nSPS) is 21.8. The van der Waals surface area contributed by atoms with Crippen LogP contribution < -0.4 is 15.4 Å². The summed E-state index contributed by atoms with van der Waals surface area (Å²) >= 11 is 0. The Morgan fingerprint density at radius 1 is 1.21 bits per heavy atom. The summed E-state index contributed by atoms with van der Waals surface area (Å²) in [6.45, 7) is 3.69. The van der Waals surface area contributed by atoms with Crippen molar-refractivity contribution in [3.63, 3.8) is 0 Å². The summed E-state index contributed by atoms with van der Waals surface area (Å²) in [5.74, 6) is 1.59. The molecule has 0 fully saturated rings. The van der Waals surface area contributed by atoms with Gasteiger partial charge in [-0.1, -0.05) is 24.3 Å². The summed E-state index contributed by atoms with van der Waals surface area (Å²) in [6, 6.07) is 14.6. The minimum absolute atomic E-state index is 0.0583. The molecule has 152 valence electrons. The van der Waals surface area contributed by atoms with Gasteiger partial charge in [0.25, 0.3) is 5.91 Å². The summed E-state index contributed by atoms with van der Waals surface area (Å²) in [5.41, 5.74) is 4.26. The maximum Gasteiger partial charge on any atom is 0.251 e. The summed E-state index contributed by atoms with van der Waals surface area (Å²) in [6.07, 6.45) is 5.58. The van der Waals surface area contributed by atoms with Gasteiger partial charge in [0.05, 0.1) is 19.3 Å². The first-order valence-corrected chi connectivity index (χ1v) is 10.3. The van der Waals surface area contributed by atoms with Crippen LogP contribution in [0.5, 0.6) is 5.75 Å². The third kappa shape index (κ3) is 4.01. The van der Waals surface area contributed by atoms with Gasteiger partial charge < -0.3 is 20.1 Å². The minimum Gasteiger partial charge on any atom is -0.494 e. The Labute approximate surface area is 172 Å². The fourth-order valence-electron chi connectivity index (χ4n) is 4.37. The molecule has 2 aromatic rings. The Balaban J connectivity index is 1.58. The van der Waals surface area contributed by atoms with Crippen molar-refractivity contribution in [1.82, 2.24) is 5.32 Å².